The lowest BCUT2D eigenvalue weighted by Crippen LogP contribution is -2.22. The third-order valence-corrected chi connectivity index (χ3v) is 2.54. The zero-order chi connectivity index (χ0) is 13.1. The Morgan fingerprint density at radius 1 is 1.41 bits per heavy atom. The van der Waals surface area contributed by atoms with E-state index in [4.69, 9.17) is 11.6 Å². The maximum Gasteiger partial charge on any atom is 0.418 e. The van der Waals surface area contributed by atoms with Crippen LogP contribution in [0.5, 0.6) is 0 Å². The van der Waals surface area contributed by atoms with E-state index >= 15 is 0 Å². The van der Waals surface area contributed by atoms with Crippen molar-refractivity contribution in [3.63, 3.8) is 0 Å². The molecule has 1 aromatic carbocycles. The Morgan fingerprint density at radius 2 is 2.06 bits per heavy atom. The van der Waals surface area contributed by atoms with Crippen LogP contribution in [0, 0.1) is 6.92 Å². The molecular weight excluding hydrogens is 255 g/mol. The minimum absolute atomic E-state index is 0.0178. The number of anilines is 1. The second-order valence-electron chi connectivity index (χ2n) is 3.74. The van der Waals surface area contributed by atoms with Crippen LogP contribution in [0.25, 0.3) is 0 Å². The average Bonchev–Trinajstić information content (AvgIpc) is 2.24. The predicted octanol–water partition coefficient (Wildman–Crippen LogP) is 3.03. The highest BCUT2D eigenvalue weighted by atomic mass is 35.5. The van der Waals surface area contributed by atoms with Crippen molar-refractivity contribution in [2.24, 2.45) is 0 Å². The van der Waals surface area contributed by atoms with Crippen LogP contribution >= 0.6 is 11.6 Å². The largest absolute Gasteiger partial charge is 0.418 e. The van der Waals surface area contributed by atoms with Gasteiger partial charge in [0.2, 0.25) is 0 Å². The second-order valence-corrected chi connectivity index (χ2v) is 4.04. The van der Waals surface area contributed by atoms with E-state index in [9.17, 15) is 18.3 Å². The highest BCUT2D eigenvalue weighted by Gasteiger charge is 2.33. The van der Waals surface area contributed by atoms with E-state index in [1.54, 1.807) is 6.92 Å². The van der Waals surface area contributed by atoms with E-state index in [1.165, 1.54) is 12.1 Å². The van der Waals surface area contributed by atoms with Crippen LogP contribution in [0.15, 0.2) is 18.2 Å². The van der Waals surface area contributed by atoms with Crippen LogP contribution < -0.4 is 5.32 Å². The molecule has 0 aliphatic heterocycles. The van der Waals surface area contributed by atoms with E-state index in [0.717, 1.165) is 6.07 Å². The number of aryl methyl sites for hydroxylation is 1. The molecule has 0 aliphatic rings. The average molecular weight is 268 g/mol. The SMILES string of the molecule is Cc1ccc(C(F)(F)F)c(NCC(O)CCl)c1. The van der Waals surface area contributed by atoms with Gasteiger partial charge in [0.15, 0.2) is 0 Å². The van der Waals surface area contributed by atoms with Gasteiger partial charge in [0.05, 0.1) is 17.5 Å². The van der Waals surface area contributed by atoms with Crippen molar-refractivity contribution in [3.8, 4) is 0 Å². The second kappa shape index (κ2) is 5.60. The molecule has 6 heteroatoms. The van der Waals surface area contributed by atoms with Crippen molar-refractivity contribution in [2.75, 3.05) is 17.7 Å². The molecule has 0 fully saturated rings. The molecule has 0 amide bonds. The summed E-state index contributed by atoms with van der Waals surface area (Å²) in [5.74, 6) is -0.0276. The first kappa shape index (κ1) is 14.1. The topological polar surface area (TPSA) is 32.3 Å². The van der Waals surface area contributed by atoms with Crippen LogP contribution in [0.2, 0.25) is 0 Å². The zero-order valence-corrected chi connectivity index (χ0v) is 9.94. The molecule has 1 aromatic rings. The van der Waals surface area contributed by atoms with Gasteiger partial charge in [-0.05, 0) is 24.6 Å². The Morgan fingerprint density at radius 3 is 2.59 bits per heavy atom. The molecular formula is C11H13ClF3NO. The van der Waals surface area contributed by atoms with Gasteiger partial charge in [-0.3, -0.25) is 0 Å². The van der Waals surface area contributed by atoms with Crippen LogP contribution in [0.4, 0.5) is 18.9 Å². The molecule has 0 bridgehead atoms. The van der Waals surface area contributed by atoms with Gasteiger partial charge >= 0.3 is 6.18 Å². The van der Waals surface area contributed by atoms with Gasteiger partial charge in [-0.1, -0.05) is 6.07 Å². The summed E-state index contributed by atoms with van der Waals surface area (Å²) in [6, 6.07) is 3.81. The number of alkyl halides is 4. The Labute approximate surface area is 102 Å². The predicted molar refractivity (Wildman–Crippen MR) is 61.4 cm³/mol. The Kier molecular flexibility index (Phi) is 4.65. The van der Waals surface area contributed by atoms with E-state index in [-0.39, 0.29) is 18.1 Å². The summed E-state index contributed by atoms with van der Waals surface area (Å²) >= 11 is 5.37. The number of aliphatic hydroxyl groups is 1. The van der Waals surface area contributed by atoms with Crippen molar-refractivity contribution >= 4 is 17.3 Å². The molecule has 1 rings (SSSR count). The van der Waals surface area contributed by atoms with Crippen LogP contribution in [-0.4, -0.2) is 23.6 Å². The number of halogens is 4. The molecule has 0 aromatic heterocycles. The van der Waals surface area contributed by atoms with E-state index < -0.39 is 17.8 Å². The number of hydrogen-bond donors (Lipinski definition) is 2. The summed E-state index contributed by atoms with van der Waals surface area (Å²) in [7, 11) is 0. The minimum atomic E-state index is -4.41. The normalized spacial score (nSPS) is 13.5. The van der Waals surface area contributed by atoms with Crippen molar-refractivity contribution < 1.29 is 18.3 Å². The molecule has 0 saturated carbocycles. The molecule has 2 nitrogen and oxygen atoms in total. The third kappa shape index (κ3) is 4.09. The quantitative estimate of drug-likeness (QED) is 0.822. The molecule has 96 valence electrons. The van der Waals surface area contributed by atoms with Crippen LogP contribution in [0.1, 0.15) is 11.1 Å². The molecule has 0 heterocycles. The standard InChI is InChI=1S/C11H13ClF3NO/c1-7-2-3-9(11(13,14)15)10(4-7)16-6-8(17)5-12/h2-4,8,16-17H,5-6H2,1H3. The highest BCUT2D eigenvalue weighted by molar-refractivity contribution is 6.18. The molecule has 0 spiro atoms. The minimum Gasteiger partial charge on any atom is -0.390 e. The molecule has 1 atom stereocenters. The Balaban J connectivity index is 2.92. The number of hydrogen-bond acceptors (Lipinski definition) is 2. The van der Waals surface area contributed by atoms with Gasteiger partial charge in [-0.2, -0.15) is 13.2 Å². The monoisotopic (exact) mass is 267 g/mol. The number of rotatable bonds is 4. The third-order valence-electron chi connectivity index (χ3n) is 2.19. The van der Waals surface area contributed by atoms with Crippen molar-refractivity contribution in [1.82, 2.24) is 0 Å². The smallest absolute Gasteiger partial charge is 0.390 e. The maximum absolute atomic E-state index is 12.7. The van der Waals surface area contributed by atoms with Crippen molar-refractivity contribution in [3.05, 3.63) is 29.3 Å². The fraction of sp³-hybridized carbons (Fsp3) is 0.455. The van der Waals surface area contributed by atoms with Gasteiger partial charge in [0.25, 0.3) is 0 Å². The van der Waals surface area contributed by atoms with E-state index in [0.29, 0.717) is 5.56 Å². The number of aliphatic hydroxyl groups excluding tert-OH is 1. The Bertz CT molecular complexity index is 381. The van der Waals surface area contributed by atoms with Gasteiger partial charge in [0.1, 0.15) is 0 Å². The fourth-order valence-electron chi connectivity index (χ4n) is 1.33. The first-order valence-electron chi connectivity index (χ1n) is 5.00. The van der Waals surface area contributed by atoms with Gasteiger partial charge in [-0.25, -0.2) is 0 Å². The fourth-order valence-corrected chi connectivity index (χ4v) is 1.44. The lowest BCUT2D eigenvalue weighted by atomic mass is 10.1. The summed E-state index contributed by atoms with van der Waals surface area (Å²) in [5.41, 5.74) is -0.0765. The van der Waals surface area contributed by atoms with Crippen LogP contribution in [0.3, 0.4) is 0 Å². The zero-order valence-electron chi connectivity index (χ0n) is 9.18. The summed E-state index contributed by atoms with van der Waals surface area (Å²) in [6.07, 6.45) is -5.29. The van der Waals surface area contributed by atoms with E-state index in [1.807, 2.05) is 0 Å². The highest BCUT2D eigenvalue weighted by Crippen LogP contribution is 2.35. The van der Waals surface area contributed by atoms with Crippen molar-refractivity contribution in [2.45, 2.75) is 19.2 Å². The Hall–Kier alpha value is -0.940. The summed E-state index contributed by atoms with van der Waals surface area (Å²) < 4.78 is 38.0. The molecule has 0 radical (unpaired) electrons. The van der Waals surface area contributed by atoms with Crippen LogP contribution in [-0.2, 0) is 6.18 Å². The molecule has 2 N–H and O–H groups in total. The molecule has 17 heavy (non-hydrogen) atoms. The lowest BCUT2D eigenvalue weighted by Gasteiger charge is -2.16. The summed E-state index contributed by atoms with van der Waals surface area (Å²) in [5, 5.41) is 11.8. The molecule has 0 saturated heterocycles. The number of benzene rings is 1. The van der Waals surface area contributed by atoms with Crippen molar-refractivity contribution in [1.29, 1.82) is 0 Å². The number of nitrogens with one attached hydrogen (secondary N) is 1. The van der Waals surface area contributed by atoms with Gasteiger partial charge < -0.3 is 10.4 Å². The first-order chi connectivity index (χ1) is 7.84. The molecule has 0 aliphatic carbocycles. The lowest BCUT2D eigenvalue weighted by molar-refractivity contribution is -0.137. The summed E-state index contributed by atoms with van der Waals surface area (Å²) in [6.45, 7) is 1.68. The first-order valence-corrected chi connectivity index (χ1v) is 5.54. The maximum atomic E-state index is 12.7. The van der Waals surface area contributed by atoms with Gasteiger partial charge in [0, 0.05) is 12.2 Å². The molecule has 1 unspecified atom stereocenters. The summed E-state index contributed by atoms with van der Waals surface area (Å²) in [4.78, 5) is 0. The van der Waals surface area contributed by atoms with E-state index in [2.05, 4.69) is 5.32 Å². The van der Waals surface area contributed by atoms with Gasteiger partial charge in [-0.15, -0.1) is 11.6 Å².